The van der Waals surface area contributed by atoms with E-state index in [-0.39, 0.29) is 0 Å². The van der Waals surface area contributed by atoms with E-state index in [1.165, 1.54) is 19.2 Å². The van der Waals surface area contributed by atoms with Crippen LogP contribution in [0.15, 0.2) is 48.5 Å². The van der Waals surface area contributed by atoms with E-state index >= 15 is 0 Å². The van der Waals surface area contributed by atoms with E-state index in [9.17, 15) is 18.3 Å². The van der Waals surface area contributed by atoms with Gasteiger partial charge in [0.05, 0.1) is 12.7 Å². The largest absolute Gasteiger partial charge is 0.497 e. The first-order valence-corrected chi connectivity index (χ1v) is 6.41. The lowest BCUT2D eigenvalue weighted by atomic mass is 10.1. The molecule has 0 saturated heterocycles. The molecule has 0 saturated carbocycles. The molecule has 22 heavy (non-hydrogen) atoms. The first-order valence-electron chi connectivity index (χ1n) is 6.41. The minimum atomic E-state index is -4.37. The molecule has 2 nitrogen and oxygen atoms in total. The second-order valence-electron chi connectivity index (χ2n) is 4.52. The van der Waals surface area contributed by atoms with Crippen molar-refractivity contribution >= 4 is 0 Å². The highest BCUT2D eigenvalue weighted by Gasteiger charge is 2.29. The molecule has 114 valence electrons. The molecule has 0 amide bonds. The number of aliphatic hydroxyl groups excluding tert-OH is 1. The molecule has 2 rings (SSSR count). The number of rotatable bonds is 2. The molecule has 2 aromatic rings. The van der Waals surface area contributed by atoms with E-state index in [4.69, 9.17) is 4.74 Å². The molecule has 0 spiro atoms. The van der Waals surface area contributed by atoms with Gasteiger partial charge in [-0.05, 0) is 42.0 Å². The molecule has 1 N–H and O–H groups in total. The first kappa shape index (κ1) is 15.9. The van der Waals surface area contributed by atoms with Crippen molar-refractivity contribution < 1.29 is 23.0 Å². The summed E-state index contributed by atoms with van der Waals surface area (Å²) in [6, 6.07) is 11.2. The van der Waals surface area contributed by atoms with Gasteiger partial charge >= 0.3 is 6.18 Å². The Balaban J connectivity index is 2.11. The number of benzene rings is 2. The van der Waals surface area contributed by atoms with Gasteiger partial charge in [0.15, 0.2) is 0 Å². The molecule has 0 aliphatic heterocycles. The number of aliphatic hydroxyl groups is 1. The molecule has 5 heteroatoms. The maximum Gasteiger partial charge on any atom is 0.416 e. The Morgan fingerprint density at radius 3 is 2.09 bits per heavy atom. The van der Waals surface area contributed by atoms with Crippen molar-refractivity contribution in [3.05, 3.63) is 65.2 Å². The summed E-state index contributed by atoms with van der Waals surface area (Å²) in [6.07, 6.45) is -5.39. The number of halogens is 3. The molecular formula is C17H13F3O2. The molecule has 0 radical (unpaired) electrons. The van der Waals surface area contributed by atoms with Crippen LogP contribution in [0, 0.1) is 11.8 Å². The number of alkyl halides is 3. The Labute approximate surface area is 126 Å². The maximum atomic E-state index is 12.4. The average molecular weight is 306 g/mol. The van der Waals surface area contributed by atoms with Gasteiger partial charge in [0.2, 0.25) is 0 Å². The SMILES string of the molecule is COc1ccc(C(O)C#Cc2ccc(C(F)(F)F)cc2)cc1. The van der Waals surface area contributed by atoms with Crippen LogP contribution in [0.25, 0.3) is 0 Å². The zero-order valence-corrected chi connectivity index (χ0v) is 11.7. The van der Waals surface area contributed by atoms with Crippen molar-refractivity contribution in [3.8, 4) is 17.6 Å². The molecule has 0 aromatic heterocycles. The lowest BCUT2D eigenvalue weighted by Gasteiger charge is -2.06. The predicted molar refractivity (Wildman–Crippen MR) is 76.3 cm³/mol. The quantitative estimate of drug-likeness (QED) is 0.855. The number of ether oxygens (including phenoxy) is 1. The second kappa shape index (κ2) is 6.54. The highest BCUT2D eigenvalue weighted by atomic mass is 19.4. The third-order valence-corrected chi connectivity index (χ3v) is 3.00. The molecule has 1 atom stereocenters. The second-order valence-corrected chi connectivity index (χ2v) is 4.52. The fourth-order valence-corrected chi connectivity index (χ4v) is 1.76. The number of hydrogen-bond acceptors (Lipinski definition) is 2. The van der Waals surface area contributed by atoms with Crippen LogP contribution in [0.3, 0.4) is 0 Å². The maximum absolute atomic E-state index is 12.4. The lowest BCUT2D eigenvalue weighted by Crippen LogP contribution is -2.04. The molecule has 1 unspecified atom stereocenters. The summed E-state index contributed by atoms with van der Waals surface area (Å²) in [4.78, 5) is 0. The summed E-state index contributed by atoms with van der Waals surface area (Å²) in [7, 11) is 1.54. The predicted octanol–water partition coefficient (Wildman–Crippen LogP) is 3.80. The van der Waals surface area contributed by atoms with Crippen LogP contribution in [-0.2, 0) is 6.18 Å². The molecular weight excluding hydrogens is 293 g/mol. The van der Waals surface area contributed by atoms with Gasteiger partial charge in [-0.2, -0.15) is 13.2 Å². The van der Waals surface area contributed by atoms with Gasteiger partial charge < -0.3 is 9.84 Å². The Morgan fingerprint density at radius 2 is 1.59 bits per heavy atom. The Kier molecular flexibility index (Phi) is 4.74. The first-order chi connectivity index (χ1) is 10.4. The van der Waals surface area contributed by atoms with E-state index in [0.29, 0.717) is 16.9 Å². The fraction of sp³-hybridized carbons (Fsp3) is 0.176. The number of hydrogen-bond donors (Lipinski definition) is 1. The summed E-state index contributed by atoms with van der Waals surface area (Å²) < 4.78 is 42.3. The van der Waals surface area contributed by atoms with Crippen molar-refractivity contribution in [2.75, 3.05) is 7.11 Å². The highest BCUT2D eigenvalue weighted by molar-refractivity contribution is 5.39. The van der Waals surface area contributed by atoms with Gasteiger partial charge in [-0.15, -0.1) is 0 Å². The zero-order valence-electron chi connectivity index (χ0n) is 11.7. The smallest absolute Gasteiger partial charge is 0.416 e. The molecule has 0 heterocycles. The van der Waals surface area contributed by atoms with Crippen LogP contribution in [0.4, 0.5) is 13.2 Å². The minimum Gasteiger partial charge on any atom is -0.497 e. The molecule has 0 fully saturated rings. The van der Waals surface area contributed by atoms with Crippen molar-refractivity contribution in [2.24, 2.45) is 0 Å². The van der Waals surface area contributed by atoms with Crippen molar-refractivity contribution in [1.82, 2.24) is 0 Å². The molecule has 0 bridgehead atoms. The van der Waals surface area contributed by atoms with Crippen LogP contribution >= 0.6 is 0 Å². The molecule has 2 aromatic carbocycles. The summed E-state index contributed by atoms with van der Waals surface area (Å²) >= 11 is 0. The van der Waals surface area contributed by atoms with Crippen LogP contribution in [0.1, 0.15) is 22.8 Å². The number of methoxy groups -OCH3 is 1. The van der Waals surface area contributed by atoms with E-state index in [0.717, 1.165) is 12.1 Å². The summed E-state index contributed by atoms with van der Waals surface area (Å²) in [5.41, 5.74) is 0.259. The Morgan fingerprint density at radius 1 is 1.00 bits per heavy atom. The summed E-state index contributed by atoms with van der Waals surface area (Å²) in [6.45, 7) is 0. The van der Waals surface area contributed by atoms with Gasteiger partial charge in [-0.1, -0.05) is 24.0 Å². The van der Waals surface area contributed by atoms with Crippen molar-refractivity contribution in [1.29, 1.82) is 0 Å². The van der Waals surface area contributed by atoms with Gasteiger partial charge in [0, 0.05) is 5.56 Å². The van der Waals surface area contributed by atoms with Crippen LogP contribution in [0.2, 0.25) is 0 Å². The van der Waals surface area contributed by atoms with Crippen LogP contribution in [0.5, 0.6) is 5.75 Å². The van der Waals surface area contributed by atoms with E-state index in [1.54, 1.807) is 24.3 Å². The minimum absolute atomic E-state index is 0.403. The fourth-order valence-electron chi connectivity index (χ4n) is 1.76. The molecule has 0 aliphatic rings. The standard InChI is InChI=1S/C17H13F3O2/c1-22-15-9-5-13(6-10-15)16(21)11-4-12-2-7-14(8-3-12)17(18,19)20/h2-3,5-10,16,21H,1H3. The van der Waals surface area contributed by atoms with E-state index in [2.05, 4.69) is 11.8 Å². The summed E-state index contributed by atoms with van der Waals surface area (Å²) in [5.74, 6) is 5.90. The molecule has 0 aliphatic carbocycles. The van der Waals surface area contributed by atoms with Crippen molar-refractivity contribution in [3.63, 3.8) is 0 Å². The Bertz CT molecular complexity index is 677. The summed E-state index contributed by atoms with van der Waals surface area (Å²) in [5, 5.41) is 9.93. The van der Waals surface area contributed by atoms with Gasteiger partial charge in [-0.25, -0.2) is 0 Å². The third-order valence-electron chi connectivity index (χ3n) is 3.00. The van der Waals surface area contributed by atoms with Crippen LogP contribution in [-0.4, -0.2) is 12.2 Å². The van der Waals surface area contributed by atoms with Crippen molar-refractivity contribution in [2.45, 2.75) is 12.3 Å². The van der Waals surface area contributed by atoms with Gasteiger partial charge in [0.1, 0.15) is 11.9 Å². The van der Waals surface area contributed by atoms with E-state index in [1.807, 2.05) is 0 Å². The highest BCUT2D eigenvalue weighted by Crippen LogP contribution is 2.29. The van der Waals surface area contributed by atoms with Gasteiger partial charge in [0.25, 0.3) is 0 Å². The average Bonchev–Trinajstić information content (AvgIpc) is 2.52. The third kappa shape index (κ3) is 4.03. The van der Waals surface area contributed by atoms with Gasteiger partial charge in [-0.3, -0.25) is 0 Å². The zero-order chi connectivity index (χ0) is 16.2. The normalized spacial score (nSPS) is 12.2. The lowest BCUT2D eigenvalue weighted by molar-refractivity contribution is -0.137. The topological polar surface area (TPSA) is 29.5 Å². The Hall–Kier alpha value is -2.45. The van der Waals surface area contributed by atoms with Crippen LogP contribution < -0.4 is 4.74 Å². The van der Waals surface area contributed by atoms with E-state index < -0.39 is 17.8 Å². The monoisotopic (exact) mass is 306 g/mol.